The molecule has 0 unspecified atom stereocenters. The largest absolute Gasteiger partial charge is 0.469 e. The van der Waals surface area contributed by atoms with E-state index in [9.17, 15) is 20.1 Å². The molecule has 0 aliphatic carbocycles. The lowest BCUT2D eigenvalue weighted by molar-refractivity contribution is -0.228. The van der Waals surface area contributed by atoms with E-state index < -0.39 is 43.1 Å². The molecule has 0 aromatic rings. The Morgan fingerprint density at radius 3 is 2.32 bits per heavy atom. The van der Waals surface area contributed by atoms with E-state index in [1.54, 1.807) is 0 Å². The van der Waals surface area contributed by atoms with Crippen molar-refractivity contribution in [2.24, 2.45) is 0 Å². The highest BCUT2D eigenvalue weighted by atomic mass is 16.5. The van der Waals surface area contributed by atoms with Crippen LogP contribution in [-0.2, 0) is 14.3 Å². The van der Waals surface area contributed by atoms with Crippen LogP contribution in [0.15, 0.2) is 12.2 Å². The molecule has 19 heavy (non-hydrogen) atoms. The highest BCUT2D eigenvalue weighted by Crippen LogP contribution is 2.25. The number of aliphatic hydroxyl groups is 4. The fourth-order valence-electron chi connectivity index (χ4n) is 1.98. The Bertz CT molecular complexity index is 328. The van der Waals surface area contributed by atoms with Crippen molar-refractivity contribution in [2.75, 3.05) is 13.7 Å². The lowest BCUT2D eigenvalue weighted by Crippen LogP contribution is -2.58. The summed E-state index contributed by atoms with van der Waals surface area (Å²) >= 11 is 0. The van der Waals surface area contributed by atoms with Crippen LogP contribution in [0.4, 0.5) is 0 Å². The first-order valence-corrected chi connectivity index (χ1v) is 5.94. The molecule has 1 aliphatic heterocycles. The Morgan fingerprint density at radius 2 is 1.79 bits per heavy atom. The Morgan fingerprint density at radius 1 is 1.21 bits per heavy atom. The third-order valence-corrected chi connectivity index (χ3v) is 3.10. The number of carbonyl (C=O) groups is 1. The van der Waals surface area contributed by atoms with Crippen LogP contribution >= 0.6 is 0 Å². The fraction of sp³-hybridized carbons (Fsp3) is 0.750. The lowest BCUT2D eigenvalue weighted by atomic mass is 9.91. The quantitative estimate of drug-likeness (QED) is 0.351. The van der Waals surface area contributed by atoms with Gasteiger partial charge in [0.15, 0.2) is 0 Å². The molecular weight excluding hydrogens is 256 g/mol. The van der Waals surface area contributed by atoms with Crippen LogP contribution in [0.25, 0.3) is 0 Å². The topological polar surface area (TPSA) is 116 Å². The molecule has 1 rings (SSSR count). The minimum Gasteiger partial charge on any atom is -0.469 e. The van der Waals surface area contributed by atoms with E-state index in [0.29, 0.717) is 5.57 Å². The highest BCUT2D eigenvalue weighted by molar-refractivity contribution is 5.72. The van der Waals surface area contributed by atoms with Gasteiger partial charge in [-0.15, -0.1) is 0 Å². The smallest absolute Gasteiger partial charge is 0.309 e. The molecule has 4 N–H and O–H groups in total. The molecule has 110 valence electrons. The van der Waals surface area contributed by atoms with Gasteiger partial charge in [-0.2, -0.15) is 0 Å². The number of ether oxygens (including phenoxy) is 2. The molecule has 0 spiro atoms. The molecule has 0 aromatic carbocycles. The number of esters is 1. The normalized spacial score (nSPS) is 34.9. The average Bonchev–Trinajstić information content (AvgIpc) is 2.39. The van der Waals surface area contributed by atoms with Crippen LogP contribution in [0.3, 0.4) is 0 Å². The van der Waals surface area contributed by atoms with Crippen molar-refractivity contribution in [2.45, 2.75) is 43.4 Å². The van der Waals surface area contributed by atoms with Gasteiger partial charge in [0.25, 0.3) is 0 Å². The van der Waals surface area contributed by atoms with Gasteiger partial charge < -0.3 is 29.9 Å². The van der Waals surface area contributed by atoms with Gasteiger partial charge in [-0.3, -0.25) is 4.79 Å². The minimum atomic E-state index is -1.41. The highest BCUT2D eigenvalue weighted by Gasteiger charge is 2.43. The zero-order valence-electron chi connectivity index (χ0n) is 10.7. The summed E-state index contributed by atoms with van der Waals surface area (Å²) in [5, 5.41) is 38.0. The van der Waals surface area contributed by atoms with Gasteiger partial charge in [0.1, 0.15) is 24.4 Å². The number of hydrogen-bond acceptors (Lipinski definition) is 7. The maximum Gasteiger partial charge on any atom is 0.309 e. The molecule has 7 nitrogen and oxygen atoms in total. The van der Waals surface area contributed by atoms with Crippen molar-refractivity contribution in [3.8, 4) is 0 Å². The zero-order chi connectivity index (χ0) is 14.6. The van der Waals surface area contributed by atoms with E-state index in [2.05, 4.69) is 11.3 Å². The van der Waals surface area contributed by atoms with E-state index in [0.717, 1.165) is 0 Å². The minimum absolute atomic E-state index is 0.0223. The van der Waals surface area contributed by atoms with Gasteiger partial charge in [-0.05, 0) is 6.42 Å². The average molecular weight is 276 g/mol. The van der Waals surface area contributed by atoms with Crippen LogP contribution in [-0.4, -0.2) is 70.6 Å². The van der Waals surface area contributed by atoms with E-state index in [1.165, 1.54) is 7.11 Å². The standard InChI is InChI=1S/C12H20O7/c1-6(4-9(14)18-2)3-7-10(15)12(17)11(16)8(5-13)19-7/h7-8,10-13,15-17H,1,3-5H2,2H3/t7-,8-,10+,11+,12-/m1/s1. The van der Waals surface area contributed by atoms with E-state index in [4.69, 9.17) is 9.84 Å². The third kappa shape index (κ3) is 3.99. The summed E-state index contributed by atoms with van der Waals surface area (Å²) in [5.74, 6) is -0.463. The summed E-state index contributed by atoms with van der Waals surface area (Å²) in [6.45, 7) is 3.19. The lowest BCUT2D eigenvalue weighted by Gasteiger charge is -2.40. The molecule has 5 atom stereocenters. The molecule has 0 amide bonds. The summed E-state index contributed by atoms with van der Waals surface area (Å²) in [6, 6.07) is 0. The number of rotatable bonds is 5. The molecule has 0 saturated carbocycles. The summed E-state index contributed by atoms with van der Waals surface area (Å²) in [5.41, 5.74) is 0.469. The van der Waals surface area contributed by atoms with E-state index >= 15 is 0 Å². The fourth-order valence-corrected chi connectivity index (χ4v) is 1.98. The van der Waals surface area contributed by atoms with E-state index in [1.807, 2.05) is 0 Å². The molecule has 0 aromatic heterocycles. The second-order valence-corrected chi connectivity index (χ2v) is 4.57. The first-order valence-electron chi connectivity index (χ1n) is 5.94. The SMILES string of the molecule is C=C(CC(=O)OC)C[C@H]1O[C@H](CO)[C@H](O)[C@H](O)[C@H]1O. The molecular formula is C12H20O7. The Balaban J connectivity index is 2.61. The van der Waals surface area contributed by atoms with Gasteiger partial charge in [0.05, 0.1) is 26.2 Å². The predicted molar refractivity (Wildman–Crippen MR) is 64.2 cm³/mol. The zero-order valence-corrected chi connectivity index (χ0v) is 10.7. The molecule has 0 radical (unpaired) electrons. The first-order chi connectivity index (χ1) is 8.90. The van der Waals surface area contributed by atoms with Crippen molar-refractivity contribution < 1.29 is 34.7 Å². The predicted octanol–water partition coefficient (Wildman–Crippen LogP) is -1.66. The van der Waals surface area contributed by atoms with Crippen molar-refractivity contribution in [1.29, 1.82) is 0 Å². The van der Waals surface area contributed by atoms with Crippen molar-refractivity contribution >= 4 is 5.97 Å². The second kappa shape index (κ2) is 6.97. The van der Waals surface area contributed by atoms with Gasteiger partial charge in [-0.1, -0.05) is 12.2 Å². The molecule has 1 fully saturated rings. The molecule has 0 bridgehead atoms. The van der Waals surface area contributed by atoms with Gasteiger partial charge in [-0.25, -0.2) is 0 Å². The van der Waals surface area contributed by atoms with Crippen LogP contribution in [0.5, 0.6) is 0 Å². The summed E-state index contributed by atoms with van der Waals surface area (Å²) in [4.78, 5) is 11.1. The summed E-state index contributed by atoms with van der Waals surface area (Å²) in [6.07, 6.45) is -5.80. The van der Waals surface area contributed by atoms with Gasteiger partial charge in [0, 0.05) is 0 Å². The van der Waals surface area contributed by atoms with Crippen LogP contribution in [0, 0.1) is 0 Å². The maximum absolute atomic E-state index is 11.1. The third-order valence-electron chi connectivity index (χ3n) is 3.10. The Labute approximate surface area is 111 Å². The first kappa shape index (κ1) is 16.1. The molecule has 1 saturated heterocycles. The molecule has 1 aliphatic rings. The monoisotopic (exact) mass is 276 g/mol. The van der Waals surface area contributed by atoms with Crippen molar-refractivity contribution in [3.63, 3.8) is 0 Å². The van der Waals surface area contributed by atoms with Crippen LogP contribution < -0.4 is 0 Å². The summed E-state index contributed by atoms with van der Waals surface area (Å²) in [7, 11) is 1.25. The van der Waals surface area contributed by atoms with Crippen LogP contribution in [0.2, 0.25) is 0 Å². The van der Waals surface area contributed by atoms with Crippen molar-refractivity contribution in [1.82, 2.24) is 0 Å². The Hall–Kier alpha value is -0.990. The maximum atomic E-state index is 11.1. The number of hydrogen-bond donors (Lipinski definition) is 4. The molecule has 1 heterocycles. The Kier molecular flexibility index (Phi) is 5.89. The van der Waals surface area contributed by atoms with Crippen molar-refractivity contribution in [3.05, 3.63) is 12.2 Å². The summed E-state index contributed by atoms with van der Waals surface area (Å²) < 4.78 is 9.78. The number of aliphatic hydroxyl groups excluding tert-OH is 4. The number of methoxy groups -OCH3 is 1. The number of carbonyl (C=O) groups excluding carboxylic acids is 1. The van der Waals surface area contributed by atoms with Crippen LogP contribution in [0.1, 0.15) is 12.8 Å². The van der Waals surface area contributed by atoms with Gasteiger partial charge >= 0.3 is 5.97 Å². The second-order valence-electron chi connectivity index (χ2n) is 4.57. The van der Waals surface area contributed by atoms with Gasteiger partial charge in [0.2, 0.25) is 0 Å². The van der Waals surface area contributed by atoms with E-state index in [-0.39, 0.29) is 12.8 Å². The molecule has 7 heteroatoms.